The molecule has 0 radical (unpaired) electrons. The van der Waals surface area contributed by atoms with Gasteiger partial charge in [-0.3, -0.25) is 4.57 Å². The molecule has 7 atom stereocenters. The van der Waals surface area contributed by atoms with Gasteiger partial charge in [0.05, 0.1) is 43.7 Å². The summed E-state index contributed by atoms with van der Waals surface area (Å²) in [4.78, 5) is 12.5. The van der Waals surface area contributed by atoms with Crippen molar-refractivity contribution in [3.05, 3.63) is 6.61 Å². The zero-order valence-electron chi connectivity index (χ0n) is 18.9. The van der Waals surface area contributed by atoms with Gasteiger partial charge >= 0.3 is 0 Å². The molecule has 0 aromatic carbocycles. The summed E-state index contributed by atoms with van der Waals surface area (Å²) in [6.45, 7) is 11.8. The summed E-state index contributed by atoms with van der Waals surface area (Å²) < 4.78 is 45.6. The molecule has 2 rings (SSSR count). The van der Waals surface area contributed by atoms with Gasteiger partial charge in [0, 0.05) is 48.6 Å². The fourth-order valence-corrected chi connectivity index (χ4v) is 4.50. The Balaban J connectivity index is 0.00000450. The van der Waals surface area contributed by atoms with Crippen molar-refractivity contribution in [1.82, 2.24) is 0 Å². The molecule has 2 heterocycles. The monoisotopic (exact) mass is 806 g/mol. The Hall–Kier alpha value is 1.29. The Morgan fingerprint density at radius 3 is 2.35 bits per heavy atom. The maximum Gasteiger partial charge on any atom is 0.237 e. The average Bonchev–Trinajstić information content (AvgIpc) is 3.09. The number of aliphatic hydroxyl groups excluding tert-OH is 1. The molecule has 184 valence electrons. The van der Waals surface area contributed by atoms with Crippen molar-refractivity contribution in [3.8, 4) is 0 Å². The number of rotatable bonds is 11. The van der Waals surface area contributed by atoms with Crippen molar-refractivity contribution in [1.29, 1.82) is 0 Å². The van der Waals surface area contributed by atoms with Gasteiger partial charge < -0.3 is 38.0 Å². The second kappa shape index (κ2) is 14.0. The first-order valence-electron chi connectivity index (χ1n) is 10.2. The first kappa shape index (κ1) is 32.3. The van der Waals surface area contributed by atoms with Gasteiger partial charge in [0.1, 0.15) is 11.7 Å². The van der Waals surface area contributed by atoms with E-state index in [-0.39, 0.29) is 85.7 Å². The van der Waals surface area contributed by atoms with E-state index in [1.165, 1.54) is 0 Å². The summed E-state index contributed by atoms with van der Waals surface area (Å²) in [6, 6.07) is 0. The number of phosphoric ester groups is 1. The number of ether oxygens (including phenoxy) is 4. The van der Waals surface area contributed by atoms with E-state index in [2.05, 4.69) is 0 Å². The van der Waals surface area contributed by atoms with Crippen LogP contribution in [0.4, 0.5) is 0 Å². The third-order valence-corrected chi connectivity index (χ3v) is 5.74. The van der Waals surface area contributed by atoms with Gasteiger partial charge in [-0.25, -0.2) is 0 Å². The zero-order valence-corrected chi connectivity index (χ0v) is 25.7. The molecule has 0 aliphatic carbocycles. The molecule has 31 heavy (non-hydrogen) atoms. The van der Waals surface area contributed by atoms with Crippen LogP contribution in [0.15, 0.2) is 0 Å². The maximum atomic E-state index is 12.5. The van der Waals surface area contributed by atoms with Crippen LogP contribution < -0.4 is 4.89 Å². The number of hydrogen-bond donors (Lipinski definition) is 1. The second-order valence-electron chi connectivity index (χ2n) is 8.40. The molecule has 0 aromatic rings. The Kier molecular flexibility index (Phi) is 14.6. The summed E-state index contributed by atoms with van der Waals surface area (Å²) in [6.07, 6.45) is -1.42. The van der Waals surface area contributed by atoms with Crippen LogP contribution in [0.1, 0.15) is 54.4 Å². The summed E-state index contributed by atoms with van der Waals surface area (Å²) in [5, 5.41) is 9.90. The minimum absolute atomic E-state index is 0. The Morgan fingerprint density at radius 2 is 1.81 bits per heavy atom. The van der Waals surface area contributed by atoms with Crippen molar-refractivity contribution in [3.63, 3.8) is 0 Å². The third-order valence-electron chi connectivity index (χ3n) is 4.84. The average molecular weight is 806 g/mol. The van der Waals surface area contributed by atoms with E-state index in [0.29, 0.717) is 6.42 Å². The van der Waals surface area contributed by atoms with Gasteiger partial charge in [-0.2, -0.15) is 6.61 Å². The van der Waals surface area contributed by atoms with Crippen molar-refractivity contribution < 1.29 is 84.7 Å². The third kappa shape index (κ3) is 9.82. The van der Waals surface area contributed by atoms with E-state index in [4.69, 9.17) is 28.0 Å². The maximum absolute atomic E-state index is 12.5. The molecule has 0 saturated carbocycles. The van der Waals surface area contributed by atoms with E-state index >= 15 is 0 Å². The minimum atomic E-state index is -4.73. The normalized spacial score (nSPS) is 35.1. The minimum Gasteiger partial charge on any atom is -0.758 e. The van der Waals surface area contributed by atoms with E-state index in [9.17, 15) is 14.6 Å². The molecular formula is C19H35O9PW2-2. The van der Waals surface area contributed by atoms with E-state index in [1.54, 1.807) is 6.92 Å². The molecule has 12 heteroatoms. The number of phosphoric acid groups is 1. The fraction of sp³-hybridized carbons (Fsp3) is 0.947. The van der Waals surface area contributed by atoms with Crippen molar-refractivity contribution in [2.45, 2.75) is 103 Å². The molecule has 0 spiro atoms. The van der Waals surface area contributed by atoms with Crippen LogP contribution in [0.5, 0.6) is 0 Å². The van der Waals surface area contributed by atoms with Crippen LogP contribution in [0.3, 0.4) is 0 Å². The molecular weight excluding hydrogens is 771 g/mol. The van der Waals surface area contributed by atoms with Crippen LogP contribution in [0.2, 0.25) is 0 Å². The summed E-state index contributed by atoms with van der Waals surface area (Å²) >= 11 is 0. The van der Waals surface area contributed by atoms with Crippen LogP contribution in [0, 0.1) is 6.61 Å². The second-order valence-corrected chi connectivity index (χ2v) is 9.72. The van der Waals surface area contributed by atoms with Gasteiger partial charge in [-0.15, -0.1) is 0 Å². The molecule has 0 amide bonds. The first-order valence-corrected chi connectivity index (χ1v) is 11.6. The Bertz CT molecular complexity index is 568. The standard InChI is InChI=1S/C19H36O9P.2W/c1-12(2)23-11-19(10-20)18(8-15(6)27-19)28-29(21,22)24-9-17-16(25-13(3)4)7-14(5)26-17;;/h9,12-18,20H,7-8,10-11H2,1-6H3,(H,21,22);;/q-1;;/p-1/t14-,15-,16+,17+,18+,19+;;/m0../s1. The van der Waals surface area contributed by atoms with Gasteiger partial charge in [0.2, 0.25) is 7.82 Å². The number of hydrogen-bond acceptors (Lipinski definition) is 9. The van der Waals surface area contributed by atoms with E-state index in [0.717, 1.165) is 6.61 Å². The zero-order chi connectivity index (χ0) is 21.8. The van der Waals surface area contributed by atoms with Crippen LogP contribution in [-0.4, -0.2) is 66.6 Å². The fourth-order valence-electron chi connectivity index (χ4n) is 3.59. The largest absolute Gasteiger partial charge is 0.758 e. The van der Waals surface area contributed by atoms with Gasteiger partial charge in [-0.1, -0.05) is 0 Å². The van der Waals surface area contributed by atoms with Gasteiger partial charge in [0.25, 0.3) is 0 Å². The first-order chi connectivity index (χ1) is 13.5. The molecule has 1 N–H and O–H groups in total. The Labute approximate surface area is 214 Å². The van der Waals surface area contributed by atoms with Gasteiger partial charge in [-0.05, 0) is 54.1 Å². The molecule has 2 saturated heterocycles. The molecule has 9 nitrogen and oxygen atoms in total. The summed E-state index contributed by atoms with van der Waals surface area (Å²) in [7, 11) is -4.73. The summed E-state index contributed by atoms with van der Waals surface area (Å²) in [5.74, 6) is 0. The predicted octanol–water partition coefficient (Wildman–Crippen LogP) is 1.95. The van der Waals surface area contributed by atoms with Crippen molar-refractivity contribution in [2.24, 2.45) is 0 Å². The molecule has 0 aromatic heterocycles. The van der Waals surface area contributed by atoms with E-state index < -0.39 is 32.2 Å². The van der Waals surface area contributed by atoms with E-state index in [1.807, 2.05) is 34.6 Å². The van der Waals surface area contributed by atoms with Crippen LogP contribution >= 0.6 is 7.82 Å². The molecule has 2 fully saturated rings. The van der Waals surface area contributed by atoms with Crippen LogP contribution in [0.25, 0.3) is 0 Å². The van der Waals surface area contributed by atoms with Crippen molar-refractivity contribution >= 4 is 7.82 Å². The topological polar surface area (TPSA) is 116 Å². The van der Waals surface area contributed by atoms with Crippen LogP contribution in [-0.2, 0) is 74.7 Å². The molecule has 1 unspecified atom stereocenters. The molecule has 0 bridgehead atoms. The quantitative estimate of drug-likeness (QED) is 0.248. The molecule has 2 aliphatic rings. The Morgan fingerprint density at radius 1 is 1.16 bits per heavy atom. The predicted molar refractivity (Wildman–Crippen MR) is 103 cm³/mol. The summed E-state index contributed by atoms with van der Waals surface area (Å²) in [5.41, 5.74) is -1.27. The number of aliphatic hydroxyl groups is 1. The van der Waals surface area contributed by atoms with Crippen molar-refractivity contribution in [2.75, 3.05) is 13.2 Å². The smallest absolute Gasteiger partial charge is 0.237 e. The van der Waals surface area contributed by atoms with Gasteiger partial charge in [0.15, 0.2) is 0 Å². The molecule has 2 aliphatic heterocycles. The SMILES string of the molecule is CC(C)OC[C@@]1(CO)O[C@@H](C)C[C@H]1OP(=O)([O-])O[CH-][C@H]1O[C@@H](C)C[C@H]1OC(C)C.[W].[W].